The smallest absolute Gasteiger partial charge is 0.304 e. The van der Waals surface area contributed by atoms with Crippen LogP contribution in [0.1, 0.15) is 69.6 Å². The topological polar surface area (TPSA) is 116 Å². The number of hydrogen-bond acceptors (Lipinski definition) is 6. The number of halogens is 2. The van der Waals surface area contributed by atoms with Gasteiger partial charge in [0.25, 0.3) is 5.56 Å². The maximum atomic E-state index is 13.9. The molecule has 0 aliphatic rings. The number of hydrogen-bond donors (Lipinski definition) is 1. The van der Waals surface area contributed by atoms with Crippen molar-refractivity contribution < 1.29 is 33.0 Å². The predicted molar refractivity (Wildman–Crippen MR) is 148 cm³/mol. The molecular formula is C31H34F2N2O6. The highest BCUT2D eigenvalue weighted by atomic mass is 19.1. The van der Waals surface area contributed by atoms with Gasteiger partial charge in [-0.3, -0.25) is 19.2 Å². The molecule has 0 unspecified atom stereocenters. The van der Waals surface area contributed by atoms with Gasteiger partial charge in [-0.25, -0.2) is 13.5 Å². The molecule has 1 aromatic heterocycles. The van der Waals surface area contributed by atoms with Crippen LogP contribution in [0.25, 0.3) is 0 Å². The van der Waals surface area contributed by atoms with Crippen molar-refractivity contribution in [2.24, 2.45) is 5.92 Å². The van der Waals surface area contributed by atoms with Gasteiger partial charge in [0.05, 0.1) is 13.0 Å². The van der Waals surface area contributed by atoms with Crippen LogP contribution < -0.4 is 10.3 Å². The normalized spacial score (nSPS) is 12.9. The van der Waals surface area contributed by atoms with Crippen LogP contribution in [0.2, 0.25) is 0 Å². The molecule has 0 aliphatic heterocycles. The molecule has 2 aromatic carbocycles. The fourth-order valence-electron chi connectivity index (χ4n) is 4.79. The van der Waals surface area contributed by atoms with E-state index in [2.05, 4.69) is 25.9 Å². The number of Topliss-reactive ketones (excluding diaryl/α,β-unsaturated/α-hetero) is 2. The van der Waals surface area contributed by atoms with Crippen molar-refractivity contribution in [3.63, 3.8) is 0 Å². The van der Waals surface area contributed by atoms with E-state index in [0.717, 1.165) is 29.3 Å². The Labute approximate surface area is 237 Å². The molecule has 0 spiro atoms. The molecular weight excluding hydrogens is 534 g/mol. The number of aromatic nitrogens is 2. The van der Waals surface area contributed by atoms with Gasteiger partial charge in [-0.2, -0.15) is 5.10 Å². The summed E-state index contributed by atoms with van der Waals surface area (Å²) in [5, 5.41) is 13.6. The van der Waals surface area contributed by atoms with E-state index in [1.807, 2.05) is 24.3 Å². The van der Waals surface area contributed by atoms with Crippen LogP contribution in [0.3, 0.4) is 0 Å². The molecule has 0 saturated carbocycles. The van der Waals surface area contributed by atoms with Gasteiger partial charge >= 0.3 is 5.97 Å². The first-order chi connectivity index (χ1) is 19.3. The van der Waals surface area contributed by atoms with Gasteiger partial charge in [-0.05, 0) is 41.2 Å². The molecule has 218 valence electrons. The van der Waals surface area contributed by atoms with Gasteiger partial charge in [-0.15, -0.1) is 0 Å². The van der Waals surface area contributed by atoms with Gasteiger partial charge in [0.2, 0.25) is 0 Å². The van der Waals surface area contributed by atoms with Gasteiger partial charge in [0, 0.05) is 30.0 Å². The average molecular weight is 569 g/mol. The van der Waals surface area contributed by atoms with Crippen molar-refractivity contribution in [3.8, 4) is 5.75 Å². The molecule has 0 fully saturated rings. The van der Waals surface area contributed by atoms with E-state index in [1.165, 1.54) is 16.9 Å². The minimum Gasteiger partial charge on any atom is -0.481 e. The minimum absolute atomic E-state index is 0.173. The van der Waals surface area contributed by atoms with Crippen molar-refractivity contribution in [1.82, 2.24) is 9.78 Å². The number of nitrogens with zero attached hydrogens (tertiary/aromatic N) is 2. The Balaban J connectivity index is 1.82. The van der Waals surface area contributed by atoms with Crippen LogP contribution in [0.5, 0.6) is 5.75 Å². The van der Waals surface area contributed by atoms with Crippen LogP contribution in [0.15, 0.2) is 59.5 Å². The highest BCUT2D eigenvalue weighted by Crippen LogP contribution is 2.27. The van der Waals surface area contributed by atoms with E-state index in [-0.39, 0.29) is 23.9 Å². The van der Waals surface area contributed by atoms with Crippen LogP contribution in [0.4, 0.5) is 8.78 Å². The third kappa shape index (κ3) is 7.93. The monoisotopic (exact) mass is 568 g/mol. The van der Waals surface area contributed by atoms with Gasteiger partial charge in [-0.1, -0.05) is 58.0 Å². The summed E-state index contributed by atoms with van der Waals surface area (Å²) in [6.45, 7) is 7.27. The second-order valence-corrected chi connectivity index (χ2v) is 10.9. The lowest BCUT2D eigenvalue weighted by atomic mass is 9.83. The molecule has 10 heteroatoms. The summed E-state index contributed by atoms with van der Waals surface area (Å²) in [6, 6.07) is 12.2. The molecule has 0 bridgehead atoms. The number of para-hydroxylation sites is 1. The summed E-state index contributed by atoms with van der Waals surface area (Å²) >= 11 is 0. The number of carboxylic acids is 1. The Hall–Kier alpha value is -4.21. The number of benzene rings is 2. The van der Waals surface area contributed by atoms with E-state index in [0.29, 0.717) is 0 Å². The third-order valence-corrected chi connectivity index (χ3v) is 6.86. The molecule has 3 rings (SSSR count). The molecule has 1 N–H and O–H groups in total. The summed E-state index contributed by atoms with van der Waals surface area (Å²) in [4.78, 5) is 51.1. The van der Waals surface area contributed by atoms with Crippen molar-refractivity contribution in [1.29, 1.82) is 0 Å². The Morgan fingerprint density at radius 2 is 1.63 bits per heavy atom. The zero-order valence-electron chi connectivity index (χ0n) is 23.5. The van der Waals surface area contributed by atoms with Gasteiger partial charge in [0.15, 0.2) is 23.2 Å². The van der Waals surface area contributed by atoms with Gasteiger partial charge < -0.3 is 9.84 Å². The third-order valence-electron chi connectivity index (χ3n) is 6.86. The number of aliphatic carboxylic acids is 1. The lowest BCUT2D eigenvalue weighted by Gasteiger charge is -2.23. The number of ether oxygens (including phenoxy) is 1. The predicted octanol–water partition coefficient (Wildman–Crippen LogP) is 5.06. The van der Waals surface area contributed by atoms with E-state index in [9.17, 15) is 33.1 Å². The molecule has 0 saturated heterocycles. The van der Waals surface area contributed by atoms with Gasteiger partial charge in [0.1, 0.15) is 12.4 Å². The Morgan fingerprint density at radius 3 is 2.24 bits per heavy atom. The van der Waals surface area contributed by atoms with E-state index < -0.39 is 71.8 Å². The van der Waals surface area contributed by atoms with Crippen LogP contribution in [-0.2, 0) is 26.3 Å². The van der Waals surface area contributed by atoms with E-state index >= 15 is 0 Å². The van der Waals surface area contributed by atoms with E-state index in [4.69, 9.17) is 4.74 Å². The largest absolute Gasteiger partial charge is 0.481 e. The van der Waals surface area contributed by atoms with Crippen LogP contribution in [-0.4, -0.2) is 39.0 Å². The summed E-state index contributed by atoms with van der Waals surface area (Å²) in [5.74, 6) is -7.67. The lowest BCUT2D eigenvalue weighted by molar-refractivity contribution is -0.141. The first kappa shape index (κ1) is 31.3. The number of carbonyl (C=O) groups excluding carboxylic acids is 2. The highest BCUT2D eigenvalue weighted by molar-refractivity contribution is 5.93. The Morgan fingerprint density at radius 1 is 0.976 bits per heavy atom. The zero-order chi connectivity index (χ0) is 30.3. The first-order valence-electron chi connectivity index (χ1n) is 13.3. The molecule has 0 amide bonds. The highest BCUT2D eigenvalue weighted by Gasteiger charge is 2.30. The molecule has 41 heavy (non-hydrogen) atoms. The van der Waals surface area contributed by atoms with Crippen LogP contribution >= 0.6 is 0 Å². The SMILES string of the molecule is CC[C@@H](C(=O)C[C@@H](CC(=O)O)C(=O)COc1c(F)cccc1F)c1ccnn(Cc2ccccc2C(C)(C)C)c1=O. The molecule has 1 heterocycles. The van der Waals surface area contributed by atoms with E-state index in [1.54, 1.807) is 6.92 Å². The second-order valence-electron chi connectivity index (χ2n) is 10.9. The van der Waals surface area contributed by atoms with Crippen molar-refractivity contribution in [2.75, 3.05) is 6.61 Å². The minimum atomic E-state index is -1.33. The van der Waals surface area contributed by atoms with Crippen molar-refractivity contribution in [2.45, 2.75) is 64.8 Å². The number of carboxylic acid groups (broad SMARTS) is 1. The standard InChI is InChI=1S/C31H34F2N2O6/c1-5-21(22-13-14-34-35(30(22)40)17-19-9-6-7-10-23(19)31(2,3)4)26(36)15-20(16-28(38)39)27(37)18-41-29-24(32)11-8-12-25(29)33/h6-14,20-21H,5,15-18H2,1-4H3,(H,38,39)/t20-,21+/m0/s1. The quantitative estimate of drug-likeness (QED) is 0.307. The maximum absolute atomic E-state index is 13.9. The Bertz CT molecular complexity index is 1460. The van der Waals surface area contributed by atoms with Crippen molar-refractivity contribution >= 4 is 17.5 Å². The first-order valence-corrected chi connectivity index (χ1v) is 13.3. The summed E-state index contributed by atoms with van der Waals surface area (Å²) < 4.78 is 34.1. The average Bonchev–Trinajstić information content (AvgIpc) is 2.90. The summed E-state index contributed by atoms with van der Waals surface area (Å²) in [6.07, 6.45) is 0.486. The molecule has 8 nitrogen and oxygen atoms in total. The molecule has 0 radical (unpaired) electrons. The molecule has 2 atom stereocenters. The fourth-order valence-corrected chi connectivity index (χ4v) is 4.79. The fraction of sp³-hybridized carbons (Fsp3) is 0.387. The van der Waals surface area contributed by atoms with Crippen LogP contribution in [0, 0.1) is 17.6 Å². The summed E-state index contributed by atoms with van der Waals surface area (Å²) in [7, 11) is 0. The second kappa shape index (κ2) is 13.4. The molecule has 0 aliphatic carbocycles. The summed E-state index contributed by atoms with van der Waals surface area (Å²) in [5.41, 5.74) is 1.51. The Kier molecular flexibility index (Phi) is 10.3. The number of rotatable bonds is 13. The maximum Gasteiger partial charge on any atom is 0.304 e. The molecule has 3 aromatic rings. The van der Waals surface area contributed by atoms with Crippen molar-refractivity contribution in [3.05, 3.63) is 93.4 Å². The number of ketones is 2. The lowest BCUT2D eigenvalue weighted by Crippen LogP contribution is -2.32. The zero-order valence-corrected chi connectivity index (χ0v) is 23.5. The number of carbonyl (C=O) groups is 3.